The van der Waals surface area contributed by atoms with Crippen LogP contribution in [0.2, 0.25) is 0 Å². The number of carbonyl (C=O) groups is 3. The fourth-order valence-corrected chi connectivity index (χ4v) is 7.78. The maximum Gasteiger partial charge on any atom is 0.326 e. The van der Waals surface area contributed by atoms with Crippen molar-refractivity contribution < 1.29 is 23.9 Å². The molecule has 4 saturated carbocycles. The van der Waals surface area contributed by atoms with Gasteiger partial charge in [-0.2, -0.15) is 0 Å². The van der Waals surface area contributed by atoms with E-state index in [4.69, 9.17) is 9.47 Å². The predicted octanol–water partition coefficient (Wildman–Crippen LogP) is 5.54. The second-order valence-electron chi connectivity index (χ2n) is 10.7. The molecule has 1 aromatic rings. The van der Waals surface area contributed by atoms with Crippen molar-refractivity contribution >= 4 is 35.0 Å². The maximum atomic E-state index is 13.0. The minimum atomic E-state index is -0.586. The van der Waals surface area contributed by atoms with Crippen molar-refractivity contribution in [3.05, 3.63) is 34.2 Å². The van der Waals surface area contributed by atoms with E-state index in [0.717, 1.165) is 40.0 Å². The molecule has 0 spiro atoms. The predicted molar refractivity (Wildman–Crippen MR) is 131 cm³/mol. The van der Waals surface area contributed by atoms with Crippen LogP contribution in [0.4, 0.5) is 4.79 Å². The molecule has 1 heterocycles. The Morgan fingerprint density at radius 1 is 1.15 bits per heavy atom. The molecule has 0 atom stereocenters. The van der Waals surface area contributed by atoms with Gasteiger partial charge >= 0.3 is 5.97 Å². The van der Waals surface area contributed by atoms with E-state index in [-0.39, 0.29) is 18.1 Å². The van der Waals surface area contributed by atoms with Crippen molar-refractivity contribution in [1.82, 2.24) is 4.90 Å². The summed E-state index contributed by atoms with van der Waals surface area (Å²) in [6.45, 7) is 5.55. The van der Waals surface area contributed by atoms with Gasteiger partial charge < -0.3 is 9.47 Å². The number of imide groups is 1. The normalized spacial score (nSPS) is 31.1. The highest BCUT2D eigenvalue weighted by atomic mass is 32.2. The van der Waals surface area contributed by atoms with Gasteiger partial charge in [0, 0.05) is 5.56 Å². The van der Waals surface area contributed by atoms with Gasteiger partial charge in [-0.25, -0.2) is 0 Å². The summed E-state index contributed by atoms with van der Waals surface area (Å²) in [6.07, 6.45) is 9.36. The van der Waals surface area contributed by atoms with Crippen molar-refractivity contribution in [1.29, 1.82) is 0 Å². The molecule has 182 valence electrons. The van der Waals surface area contributed by atoms with Crippen molar-refractivity contribution in [2.75, 3.05) is 13.2 Å². The third-order valence-corrected chi connectivity index (χ3v) is 8.68. The molecule has 0 aromatic heterocycles. The molecule has 0 N–H and O–H groups in total. The summed E-state index contributed by atoms with van der Waals surface area (Å²) >= 11 is 0.865. The number of thioether (sulfide) groups is 1. The third-order valence-electron chi connectivity index (χ3n) is 7.77. The van der Waals surface area contributed by atoms with E-state index in [1.165, 1.54) is 44.1 Å². The van der Waals surface area contributed by atoms with Gasteiger partial charge in [-0.3, -0.25) is 19.3 Å². The summed E-state index contributed by atoms with van der Waals surface area (Å²) in [5, 5.41) is -0.452. The van der Waals surface area contributed by atoms with Gasteiger partial charge in [-0.1, -0.05) is 6.07 Å². The molecule has 1 aromatic carbocycles. The lowest BCUT2D eigenvalue weighted by Crippen LogP contribution is -2.48. The van der Waals surface area contributed by atoms with E-state index in [2.05, 4.69) is 12.1 Å². The van der Waals surface area contributed by atoms with E-state index in [9.17, 15) is 14.4 Å². The van der Waals surface area contributed by atoms with Crippen LogP contribution in [0, 0.1) is 17.8 Å². The highest BCUT2D eigenvalue weighted by Crippen LogP contribution is 2.61. The SMILES string of the molecule is CCOc1ccc(C23CC4CC(CC(C4)C2)C3)cc1/C=C1/SC(=O)N(CC(=O)OC(C)C)C1=O. The number of benzene rings is 1. The van der Waals surface area contributed by atoms with Crippen LogP contribution in [0.5, 0.6) is 5.75 Å². The Hall–Kier alpha value is -2.28. The molecule has 2 amide bonds. The molecule has 0 unspecified atom stereocenters. The fraction of sp³-hybridized carbons (Fsp3) is 0.593. The smallest absolute Gasteiger partial charge is 0.326 e. The van der Waals surface area contributed by atoms with Crippen LogP contribution in [-0.2, 0) is 19.7 Å². The minimum absolute atomic E-state index is 0.224. The first-order valence-corrected chi connectivity index (χ1v) is 13.3. The highest BCUT2D eigenvalue weighted by Gasteiger charge is 2.51. The van der Waals surface area contributed by atoms with Crippen LogP contribution in [0.15, 0.2) is 23.1 Å². The molecule has 1 saturated heterocycles. The summed E-state index contributed by atoms with van der Waals surface area (Å²) < 4.78 is 11.0. The van der Waals surface area contributed by atoms with Crippen LogP contribution >= 0.6 is 11.8 Å². The van der Waals surface area contributed by atoms with Gasteiger partial charge in [-0.15, -0.1) is 0 Å². The van der Waals surface area contributed by atoms with E-state index in [0.29, 0.717) is 17.3 Å². The zero-order valence-electron chi connectivity index (χ0n) is 20.2. The lowest BCUT2D eigenvalue weighted by Gasteiger charge is -2.57. The number of hydrogen-bond acceptors (Lipinski definition) is 6. The first-order valence-electron chi connectivity index (χ1n) is 12.5. The van der Waals surface area contributed by atoms with Crippen LogP contribution in [0.25, 0.3) is 6.08 Å². The van der Waals surface area contributed by atoms with Crippen molar-refractivity contribution in [2.45, 2.75) is 70.8 Å². The highest BCUT2D eigenvalue weighted by molar-refractivity contribution is 8.18. The molecular formula is C27H33NO5S. The van der Waals surface area contributed by atoms with Gasteiger partial charge in [-0.05, 0) is 118 Å². The first-order chi connectivity index (χ1) is 16.3. The molecule has 5 fully saturated rings. The van der Waals surface area contributed by atoms with Gasteiger partial charge in [0.15, 0.2) is 0 Å². The number of rotatable bonds is 7. The molecule has 6 rings (SSSR count). The number of ether oxygens (including phenoxy) is 2. The Labute approximate surface area is 205 Å². The third kappa shape index (κ3) is 4.39. The second kappa shape index (κ2) is 9.06. The van der Waals surface area contributed by atoms with Gasteiger partial charge in [0.25, 0.3) is 11.1 Å². The second-order valence-corrected chi connectivity index (χ2v) is 11.7. The van der Waals surface area contributed by atoms with Crippen LogP contribution in [0.3, 0.4) is 0 Å². The molecule has 4 bridgehead atoms. The van der Waals surface area contributed by atoms with E-state index in [1.54, 1.807) is 19.9 Å². The summed E-state index contributed by atoms with van der Waals surface area (Å²) in [6, 6.07) is 6.41. The van der Waals surface area contributed by atoms with Crippen molar-refractivity contribution in [3.63, 3.8) is 0 Å². The molecular weight excluding hydrogens is 450 g/mol. The fourth-order valence-electron chi connectivity index (χ4n) is 6.95. The average molecular weight is 484 g/mol. The number of hydrogen-bond donors (Lipinski definition) is 0. The lowest BCUT2D eigenvalue weighted by molar-refractivity contribution is -0.149. The summed E-state index contributed by atoms with van der Waals surface area (Å²) in [5.41, 5.74) is 2.38. The Kier molecular flexibility index (Phi) is 6.25. The zero-order valence-corrected chi connectivity index (χ0v) is 21.0. The van der Waals surface area contributed by atoms with Crippen LogP contribution < -0.4 is 4.74 Å². The van der Waals surface area contributed by atoms with Gasteiger partial charge in [0.05, 0.1) is 17.6 Å². The number of carbonyl (C=O) groups excluding carboxylic acids is 3. The number of nitrogens with zero attached hydrogens (tertiary/aromatic N) is 1. The zero-order chi connectivity index (χ0) is 24.0. The molecule has 7 heteroatoms. The summed E-state index contributed by atoms with van der Waals surface area (Å²) in [5.74, 6) is 2.17. The quantitative estimate of drug-likeness (QED) is 0.374. The maximum absolute atomic E-state index is 13.0. The monoisotopic (exact) mass is 483 g/mol. The Morgan fingerprint density at radius 3 is 2.38 bits per heavy atom. The largest absolute Gasteiger partial charge is 0.493 e. The molecule has 34 heavy (non-hydrogen) atoms. The lowest BCUT2D eigenvalue weighted by atomic mass is 9.48. The van der Waals surface area contributed by atoms with Crippen molar-refractivity contribution in [3.8, 4) is 5.75 Å². The average Bonchev–Trinajstić information content (AvgIpc) is 3.01. The Balaban J connectivity index is 1.43. The Bertz CT molecular complexity index is 1010. The topological polar surface area (TPSA) is 72.9 Å². The number of esters is 1. The van der Waals surface area contributed by atoms with Gasteiger partial charge in [0.2, 0.25) is 0 Å². The molecule has 6 nitrogen and oxygen atoms in total. The van der Waals surface area contributed by atoms with E-state index >= 15 is 0 Å². The van der Waals surface area contributed by atoms with Crippen LogP contribution in [-0.4, -0.2) is 41.3 Å². The summed E-state index contributed by atoms with van der Waals surface area (Å²) in [7, 11) is 0. The first kappa shape index (κ1) is 23.5. The van der Waals surface area contributed by atoms with Crippen molar-refractivity contribution in [2.24, 2.45) is 17.8 Å². The standard InChI is InChI=1S/C27H33NO5S/c1-4-32-22-6-5-21(27-12-17-7-18(13-27)9-19(8-17)14-27)10-20(22)11-23-25(30)28(26(31)34-23)15-24(29)33-16(2)3/h5-6,10-11,16-19H,4,7-9,12-15H2,1-3H3/b23-11+. The molecule has 1 aliphatic heterocycles. The Morgan fingerprint density at radius 2 is 1.79 bits per heavy atom. The molecule has 5 aliphatic rings. The molecule has 4 aliphatic carbocycles. The minimum Gasteiger partial charge on any atom is -0.493 e. The van der Waals surface area contributed by atoms with Crippen LogP contribution in [0.1, 0.15) is 70.4 Å². The van der Waals surface area contributed by atoms with E-state index < -0.39 is 17.1 Å². The van der Waals surface area contributed by atoms with E-state index in [1.807, 2.05) is 13.0 Å². The summed E-state index contributed by atoms with van der Waals surface area (Å²) in [4.78, 5) is 38.8. The van der Waals surface area contributed by atoms with Gasteiger partial charge in [0.1, 0.15) is 12.3 Å². The number of amides is 2. The molecule has 0 radical (unpaired) electrons.